The van der Waals surface area contributed by atoms with E-state index >= 15 is 0 Å². The minimum absolute atomic E-state index is 0.532. The zero-order chi connectivity index (χ0) is 14.7. The third-order valence-corrected chi connectivity index (χ3v) is 4.45. The lowest BCUT2D eigenvalue weighted by molar-refractivity contribution is 0.111. The van der Waals surface area contributed by atoms with Crippen molar-refractivity contribution >= 4 is 23.2 Å². The van der Waals surface area contributed by atoms with Crippen molar-refractivity contribution in [1.29, 1.82) is 0 Å². The van der Waals surface area contributed by atoms with Gasteiger partial charge in [-0.15, -0.1) is 0 Å². The molecule has 2 unspecified atom stereocenters. The summed E-state index contributed by atoms with van der Waals surface area (Å²) in [5.41, 5.74) is 1.17. The largest absolute Gasteiger partial charge is 0.311 e. The van der Waals surface area contributed by atoms with E-state index in [1.165, 1.54) is 12.0 Å². The maximum absolute atomic E-state index is 6.31. The third-order valence-electron chi connectivity index (χ3n) is 3.86. The van der Waals surface area contributed by atoms with Gasteiger partial charge in [-0.3, -0.25) is 4.90 Å². The van der Waals surface area contributed by atoms with E-state index in [1.54, 1.807) is 0 Å². The van der Waals surface area contributed by atoms with E-state index in [0.717, 1.165) is 24.7 Å². The monoisotopic (exact) mass is 314 g/mol. The van der Waals surface area contributed by atoms with Crippen LogP contribution in [0.5, 0.6) is 0 Å². The molecule has 0 aromatic heterocycles. The highest BCUT2D eigenvalue weighted by atomic mass is 35.5. The van der Waals surface area contributed by atoms with Gasteiger partial charge >= 0.3 is 0 Å². The summed E-state index contributed by atoms with van der Waals surface area (Å²) in [6, 6.07) is 6.92. The van der Waals surface area contributed by atoms with E-state index in [0.29, 0.717) is 23.0 Å². The van der Waals surface area contributed by atoms with Crippen LogP contribution in [0.4, 0.5) is 0 Å². The van der Waals surface area contributed by atoms with Crippen LogP contribution in [0.3, 0.4) is 0 Å². The molecule has 0 saturated carbocycles. The number of hydrogen-bond donors (Lipinski definition) is 1. The van der Waals surface area contributed by atoms with Crippen molar-refractivity contribution in [2.24, 2.45) is 5.92 Å². The highest BCUT2D eigenvalue weighted by Gasteiger charge is 2.26. The summed E-state index contributed by atoms with van der Waals surface area (Å²) < 4.78 is 0. The van der Waals surface area contributed by atoms with Gasteiger partial charge in [-0.2, -0.15) is 0 Å². The molecule has 1 N–H and O–H groups in total. The molecule has 1 saturated heterocycles. The van der Waals surface area contributed by atoms with Crippen LogP contribution in [0, 0.1) is 5.92 Å². The van der Waals surface area contributed by atoms with Gasteiger partial charge < -0.3 is 5.32 Å². The molecule has 2 nitrogen and oxygen atoms in total. The number of hydrogen-bond acceptors (Lipinski definition) is 2. The molecule has 0 spiro atoms. The molecule has 20 heavy (non-hydrogen) atoms. The van der Waals surface area contributed by atoms with Gasteiger partial charge in [-0.05, 0) is 37.0 Å². The lowest BCUT2D eigenvalue weighted by atomic mass is 9.98. The number of nitrogens with one attached hydrogen (secondary N) is 1. The molecule has 0 radical (unpaired) electrons. The minimum atomic E-state index is 0.532. The van der Waals surface area contributed by atoms with Crippen LogP contribution in [0.25, 0.3) is 0 Å². The summed E-state index contributed by atoms with van der Waals surface area (Å²) >= 11 is 12.3. The fourth-order valence-electron chi connectivity index (χ4n) is 2.87. The molecule has 112 valence electrons. The maximum atomic E-state index is 6.31. The quantitative estimate of drug-likeness (QED) is 0.896. The molecule has 1 aromatic rings. The zero-order valence-corrected chi connectivity index (χ0v) is 14.0. The Hall–Kier alpha value is -0.280. The van der Waals surface area contributed by atoms with Gasteiger partial charge in [-0.1, -0.05) is 43.1 Å². The van der Waals surface area contributed by atoms with Crippen molar-refractivity contribution in [3.63, 3.8) is 0 Å². The standard InChI is InChI=1S/C16H24Cl2N2/c1-11(2)6-15-8-19-12(3)9-20(15)10-13-4-5-14(17)7-16(13)18/h4-5,7,11-12,15,19H,6,8-10H2,1-3H3. The van der Waals surface area contributed by atoms with E-state index in [9.17, 15) is 0 Å². The van der Waals surface area contributed by atoms with Gasteiger partial charge in [0, 0.05) is 41.8 Å². The molecule has 0 amide bonds. The first-order chi connectivity index (χ1) is 9.45. The third kappa shape index (κ3) is 4.36. The maximum Gasteiger partial charge on any atom is 0.0465 e. The Kier molecular flexibility index (Phi) is 5.74. The van der Waals surface area contributed by atoms with Crippen LogP contribution in [0.1, 0.15) is 32.8 Å². The Labute approximate surface area is 132 Å². The lowest BCUT2D eigenvalue weighted by Crippen LogP contribution is -2.55. The van der Waals surface area contributed by atoms with Crippen molar-refractivity contribution in [1.82, 2.24) is 10.2 Å². The van der Waals surface area contributed by atoms with Crippen LogP contribution in [0.15, 0.2) is 18.2 Å². The van der Waals surface area contributed by atoms with Gasteiger partial charge in [0.15, 0.2) is 0 Å². The topological polar surface area (TPSA) is 15.3 Å². The molecule has 4 heteroatoms. The molecular weight excluding hydrogens is 291 g/mol. The second kappa shape index (κ2) is 7.13. The highest BCUT2D eigenvalue weighted by Crippen LogP contribution is 2.25. The molecule has 1 heterocycles. The van der Waals surface area contributed by atoms with Crippen molar-refractivity contribution in [3.05, 3.63) is 33.8 Å². The summed E-state index contributed by atoms with van der Waals surface area (Å²) in [5, 5.41) is 5.05. The Morgan fingerprint density at radius 3 is 2.75 bits per heavy atom. The van der Waals surface area contributed by atoms with E-state index < -0.39 is 0 Å². The normalized spacial score (nSPS) is 24.3. The molecule has 1 aromatic carbocycles. The number of piperazine rings is 1. The molecule has 1 aliphatic heterocycles. The summed E-state index contributed by atoms with van der Waals surface area (Å²) in [6.07, 6.45) is 1.21. The first-order valence-corrected chi connectivity index (χ1v) is 8.12. The van der Waals surface area contributed by atoms with Gasteiger partial charge in [0.25, 0.3) is 0 Å². The van der Waals surface area contributed by atoms with Crippen molar-refractivity contribution in [2.75, 3.05) is 13.1 Å². The predicted octanol–water partition coefficient (Wildman–Crippen LogP) is 4.20. The van der Waals surface area contributed by atoms with Gasteiger partial charge in [0.2, 0.25) is 0 Å². The van der Waals surface area contributed by atoms with Gasteiger partial charge in [0.1, 0.15) is 0 Å². The van der Waals surface area contributed by atoms with E-state index in [2.05, 4.69) is 31.0 Å². The minimum Gasteiger partial charge on any atom is -0.311 e. The van der Waals surface area contributed by atoms with Crippen LogP contribution < -0.4 is 5.32 Å². The first-order valence-electron chi connectivity index (χ1n) is 7.37. The van der Waals surface area contributed by atoms with Crippen molar-refractivity contribution < 1.29 is 0 Å². The SMILES string of the molecule is CC(C)CC1CNC(C)CN1Cc1ccc(Cl)cc1Cl. The smallest absolute Gasteiger partial charge is 0.0465 e. The second-order valence-corrected chi connectivity index (χ2v) is 7.10. The Balaban J connectivity index is 2.10. The van der Waals surface area contributed by atoms with Crippen LogP contribution in [-0.2, 0) is 6.54 Å². The zero-order valence-electron chi connectivity index (χ0n) is 12.5. The predicted molar refractivity (Wildman–Crippen MR) is 87.6 cm³/mol. The number of halogens is 2. The number of benzene rings is 1. The number of rotatable bonds is 4. The van der Waals surface area contributed by atoms with Crippen LogP contribution >= 0.6 is 23.2 Å². The Morgan fingerprint density at radius 2 is 2.10 bits per heavy atom. The molecule has 1 aliphatic rings. The van der Waals surface area contributed by atoms with E-state index in [1.807, 2.05) is 18.2 Å². The van der Waals surface area contributed by atoms with Crippen LogP contribution in [0.2, 0.25) is 10.0 Å². The Morgan fingerprint density at radius 1 is 1.35 bits per heavy atom. The molecule has 2 atom stereocenters. The highest BCUT2D eigenvalue weighted by molar-refractivity contribution is 6.35. The van der Waals surface area contributed by atoms with Crippen molar-refractivity contribution in [2.45, 2.75) is 45.8 Å². The van der Waals surface area contributed by atoms with E-state index in [4.69, 9.17) is 23.2 Å². The molecule has 2 rings (SSSR count). The molecular formula is C16H24Cl2N2. The van der Waals surface area contributed by atoms with E-state index in [-0.39, 0.29) is 0 Å². The average Bonchev–Trinajstić information content (AvgIpc) is 2.35. The molecule has 0 bridgehead atoms. The molecule has 0 aliphatic carbocycles. The first kappa shape index (κ1) is 16.1. The Bertz CT molecular complexity index is 448. The summed E-state index contributed by atoms with van der Waals surface area (Å²) in [6.45, 7) is 9.83. The van der Waals surface area contributed by atoms with Crippen LogP contribution in [-0.4, -0.2) is 30.1 Å². The summed E-state index contributed by atoms with van der Waals surface area (Å²) in [5.74, 6) is 0.707. The van der Waals surface area contributed by atoms with Crippen molar-refractivity contribution in [3.8, 4) is 0 Å². The molecule has 1 fully saturated rings. The number of nitrogens with zero attached hydrogens (tertiary/aromatic N) is 1. The average molecular weight is 315 g/mol. The lowest BCUT2D eigenvalue weighted by Gasteiger charge is -2.40. The summed E-state index contributed by atoms with van der Waals surface area (Å²) in [4.78, 5) is 2.55. The second-order valence-electron chi connectivity index (χ2n) is 6.26. The van der Waals surface area contributed by atoms with Gasteiger partial charge in [0.05, 0.1) is 0 Å². The fourth-order valence-corrected chi connectivity index (χ4v) is 3.34. The van der Waals surface area contributed by atoms with Gasteiger partial charge in [-0.25, -0.2) is 0 Å². The summed E-state index contributed by atoms with van der Waals surface area (Å²) in [7, 11) is 0. The fraction of sp³-hybridized carbons (Fsp3) is 0.625.